The summed E-state index contributed by atoms with van der Waals surface area (Å²) < 4.78 is 119. The van der Waals surface area contributed by atoms with Gasteiger partial charge in [0.2, 0.25) is 0 Å². The highest BCUT2D eigenvalue weighted by Crippen LogP contribution is 2.34. The molecule has 0 amide bonds. The van der Waals surface area contributed by atoms with Crippen molar-refractivity contribution in [1.29, 1.82) is 0 Å². The van der Waals surface area contributed by atoms with Crippen LogP contribution < -0.4 is 18.9 Å². The number of carbonyl (C=O) groups is 1. The molecule has 0 saturated carbocycles. The lowest BCUT2D eigenvalue weighted by Crippen LogP contribution is -2.21. The summed E-state index contributed by atoms with van der Waals surface area (Å²) in [6, 6.07) is 16.0. The molecule has 0 bridgehead atoms. The maximum Gasteiger partial charge on any atom is 0.387 e. The van der Waals surface area contributed by atoms with Crippen molar-refractivity contribution in [2.45, 2.75) is 34.2 Å². The van der Waals surface area contributed by atoms with Gasteiger partial charge in [0.05, 0.1) is 40.8 Å². The molecule has 1 atom stereocenters. The number of carbonyl (C=O) groups excluding carboxylic acids is 1. The summed E-state index contributed by atoms with van der Waals surface area (Å²) >= 11 is -2.20. The second kappa shape index (κ2) is 16.1. The van der Waals surface area contributed by atoms with Crippen LogP contribution in [-0.2, 0) is 46.3 Å². The number of pyridine rings is 1. The van der Waals surface area contributed by atoms with Crippen LogP contribution in [0.3, 0.4) is 0 Å². The normalized spacial score (nSPS) is 12.4. The van der Waals surface area contributed by atoms with E-state index in [1.54, 1.807) is 12.1 Å². The van der Waals surface area contributed by atoms with Crippen LogP contribution in [0.4, 0.5) is 8.78 Å². The molecule has 5 aromatic rings. The van der Waals surface area contributed by atoms with Gasteiger partial charge >= 0.3 is 17.7 Å². The molecule has 5 rings (SSSR count). The van der Waals surface area contributed by atoms with Gasteiger partial charge in [-0.2, -0.15) is 17.7 Å². The Morgan fingerprint density at radius 3 is 2.25 bits per heavy atom. The molecule has 2 aromatic heterocycles. The number of nitrogens with zero attached hydrogens (tertiary/aromatic N) is 3. The van der Waals surface area contributed by atoms with Gasteiger partial charge in [-0.3, -0.25) is 4.98 Å². The van der Waals surface area contributed by atoms with E-state index in [1.807, 2.05) is 6.92 Å². The second-order valence-electron chi connectivity index (χ2n) is 10.8. The third kappa shape index (κ3) is 8.72. The van der Waals surface area contributed by atoms with Crippen LogP contribution >= 0.6 is 0 Å². The van der Waals surface area contributed by atoms with E-state index in [4.69, 9.17) is 18.9 Å². The number of aromatic nitrogens is 3. The molecule has 276 valence electrons. The first-order valence-electron chi connectivity index (χ1n) is 15.1. The molecular weight excluding hydrogens is 749 g/mol. The summed E-state index contributed by atoms with van der Waals surface area (Å²) in [5.41, 5.74) is 0.887. The van der Waals surface area contributed by atoms with Gasteiger partial charge in [0.1, 0.15) is 23.8 Å². The molecular formula is C33H31F2N3O11S3. The number of ether oxygens (including phenoxy) is 5. The number of alkyl halides is 2. The van der Waals surface area contributed by atoms with E-state index in [-0.39, 0.29) is 49.5 Å². The minimum Gasteiger partial charge on any atom is -0.609 e. The lowest BCUT2D eigenvalue weighted by atomic mass is 10.2. The zero-order valence-corrected chi connectivity index (χ0v) is 30.2. The molecule has 0 fully saturated rings. The summed E-state index contributed by atoms with van der Waals surface area (Å²) in [6.45, 7) is -2.35. The Labute approximate surface area is 300 Å². The number of halogens is 2. The molecule has 0 aliphatic carbocycles. The fourth-order valence-electron chi connectivity index (χ4n) is 4.84. The number of fused-ring (bicyclic) bond motifs is 1. The zero-order chi connectivity index (χ0) is 37.6. The summed E-state index contributed by atoms with van der Waals surface area (Å²) in [5, 5.41) is -0.441. The van der Waals surface area contributed by atoms with Crippen molar-refractivity contribution in [3.63, 3.8) is 0 Å². The maximum atomic E-state index is 14.1. The number of imidazole rings is 1. The third-order valence-electron chi connectivity index (χ3n) is 7.33. The van der Waals surface area contributed by atoms with E-state index in [0.717, 1.165) is 21.7 Å². The summed E-state index contributed by atoms with van der Waals surface area (Å²) in [5.74, 6) is -1.41. The zero-order valence-electron chi connectivity index (χ0n) is 27.7. The van der Waals surface area contributed by atoms with Gasteiger partial charge in [0.15, 0.2) is 33.7 Å². The summed E-state index contributed by atoms with van der Waals surface area (Å²) in [7, 11) is -5.49. The summed E-state index contributed by atoms with van der Waals surface area (Å²) in [6.07, 6.45) is 1.39. The molecule has 0 spiro atoms. The van der Waals surface area contributed by atoms with Gasteiger partial charge in [0, 0.05) is 29.5 Å². The predicted octanol–water partition coefficient (Wildman–Crippen LogP) is 4.30. The first-order chi connectivity index (χ1) is 24.7. The lowest BCUT2D eigenvalue weighted by molar-refractivity contribution is -0.145. The number of methoxy groups -OCH3 is 2. The average molecular weight is 780 g/mol. The molecule has 14 nitrogen and oxygen atoms in total. The molecule has 0 aliphatic heterocycles. The van der Waals surface area contributed by atoms with Crippen molar-refractivity contribution in [3.8, 4) is 23.0 Å². The van der Waals surface area contributed by atoms with E-state index < -0.39 is 67.7 Å². The van der Waals surface area contributed by atoms with Crippen LogP contribution in [0.25, 0.3) is 11.0 Å². The topological polar surface area (TPSA) is 185 Å². The van der Waals surface area contributed by atoms with Crippen molar-refractivity contribution in [2.75, 3.05) is 33.2 Å². The fourth-order valence-corrected chi connectivity index (χ4v) is 8.89. The predicted molar refractivity (Wildman–Crippen MR) is 183 cm³/mol. The van der Waals surface area contributed by atoms with Crippen LogP contribution in [0, 0.1) is 6.92 Å². The van der Waals surface area contributed by atoms with E-state index >= 15 is 0 Å². The van der Waals surface area contributed by atoms with E-state index in [9.17, 15) is 35.0 Å². The second-order valence-corrected chi connectivity index (χ2v) is 16.0. The number of aryl methyl sites for hydroxylation is 1. The van der Waals surface area contributed by atoms with E-state index in [2.05, 4.69) is 14.7 Å². The highest BCUT2D eigenvalue weighted by Gasteiger charge is 2.33. The SMILES string of the molecule is COc1ccnc(C[S+]([O-])c2nc3cc(OC(F)F)ccc3n2S(=O)(=O)c2ccc(OCC(=O)OCCS(=O)(=O)c3ccc(C)cc3)cc2)c1OC. The first-order valence-corrected chi connectivity index (χ1v) is 19.5. The first kappa shape index (κ1) is 38.3. The summed E-state index contributed by atoms with van der Waals surface area (Å²) in [4.78, 5) is 20.5. The highest BCUT2D eigenvalue weighted by atomic mass is 32.2. The Morgan fingerprint density at radius 2 is 1.60 bits per heavy atom. The van der Waals surface area contributed by atoms with Gasteiger partial charge in [-0.05, 0) is 55.5 Å². The Balaban J connectivity index is 1.34. The van der Waals surface area contributed by atoms with Gasteiger partial charge < -0.3 is 28.2 Å². The van der Waals surface area contributed by atoms with Gasteiger partial charge in [0.25, 0.3) is 10.0 Å². The van der Waals surface area contributed by atoms with Crippen LogP contribution in [0.5, 0.6) is 23.0 Å². The number of hydrogen-bond acceptors (Lipinski definition) is 13. The molecule has 52 heavy (non-hydrogen) atoms. The van der Waals surface area contributed by atoms with Crippen molar-refractivity contribution < 1.29 is 58.6 Å². The molecule has 0 N–H and O–H groups in total. The van der Waals surface area contributed by atoms with Gasteiger partial charge in [-0.15, -0.1) is 0 Å². The average Bonchev–Trinajstić information content (AvgIpc) is 3.50. The van der Waals surface area contributed by atoms with E-state index in [0.29, 0.717) is 5.75 Å². The van der Waals surface area contributed by atoms with E-state index in [1.165, 1.54) is 68.9 Å². The Kier molecular flexibility index (Phi) is 11.9. The van der Waals surface area contributed by atoms with Crippen LogP contribution in [-0.4, -0.2) is 81.1 Å². The molecule has 3 aromatic carbocycles. The molecule has 0 saturated heterocycles. The van der Waals surface area contributed by atoms with Crippen molar-refractivity contribution in [3.05, 3.63) is 90.3 Å². The number of hydrogen-bond donors (Lipinski definition) is 0. The van der Waals surface area contributed by atoms with Crippen LogP contribution in [0.1, 0.15) is 11.3 Å². The Bertz CT molecular complexity index is 2270. The largest absolute Gasteiger partial charge is 0.609 e. The third-order valence-corrected chi connectivity index (χ3v) is 12.1. The van der Waals surface area contributed by atoms with Crippen LogP contribution in [0.15, 0.2) is 93.9 Å². The Morgan fingerprint density at radius 1 is 0.923 bits per heavy atom. The smallest absolute Gasteiger partial charge is 0.387 e. The number of rotatable bonds is 16. The molecule has 0 aliphatic rings. The van der Waals surface area contributed by atoms with Crippen molar-refractivity contribution >= 4 is 48.0 Å². The highest BCUT2D eigenvalue weighted by molar-refractivity contribution is 7.93. The number of benzene rings is 3. The minimum atomic E-state index is -4.56. The number of sulfone groups is 1. The molecule has 19 heteroatoms. The minimum absolute atomic E-state index is 0.0763. The maximum absolute atomic E-state index is 14.1. The fraction of sp³-hybridized carbons (Fsp3) is 0.242. The van der Waals surface area contributed by atoms with Gasteiger partial charge in [-0.1, -0.05) is 17.7 Å². The Hall–Kier alpha value is -4.98. The standard InChI is InChI=1S/C33H31F2N3O11S3/c1-21-4-9-24(10-5-21)51(41,42)17-16-47-30(39)19-48-22-6-11-25(12-7-22)52(43,44)38-28-13-8-23(49-32(34)35)18-26(28)37-33(38)50(40)20-27-31(46-3)29(45-2)14-15-36-27/h4-15,18,32H,16-17,19-20H2,1-3H3. The van der Waals surface area contributed by atoms with Crippen molar-refractivity contribution in [2.24, 2.45) is 0 Å². The molecule has 0 radical (unpaired) electrons. The quantitative estimate of drug-likeness (QED) is 0.102. The van der Waals surface area contributed by atoms with Crippen LogP contribution in [0.2, 0.25) is 0 Å². The molecule has 1 unspecified atom stereocenters. The number of esters is 1. The molecule has 2 heterocycles. The lowest BCUT2D eigenvalue weighted by Gasteiger charge is -2.15. The van der Waals surface area contributed by atoms with Crippen molar-refractivity contribution in [1.82, 2.24) is 13.9 Å². The van der Waals surface area contributed by atoms with Gasteiger partial charge in [-0.25, -0.2) is 21.6 Å². The monoisotopic (exact) mass is 779 g/mol.